The lowest BCUT2D eigenvalue weighted by Gasteiger charge is -2.18. The van der Waals surface area contributed by atoms with E-state index in [9.17, 15) is 9.90 Å². The van der Waals surface area contributed by atoms with Gasteiger partial charge >= 0.3 is 0 Å². The molecular formula is C12H15NO4. The predicted octanol–water partition coefficient (Wildman–Crippen LogP) is 0.868. The minimum absolute atomic E-state index is 0.149. The van der Waals surface area contributed by atoms with Crippen LogP contribution in [0.25, 0.3) is 0 Å². The maximum Gasteiger partial charge on any atom is 0.253 e. The van der Waals surface area contributed by atoms with Crippen LogP contribution in [0, 0.1) is 0 Å². The molecule has 1 unspecified atom stereocenters. The third kappa shape index (κ3) is 2.50. The summed E-state index contributed by atoms with van der Waals surface area (Å²) in [6.07, 6.45) is -0.544. The number of benzene rings is 1. The first-order valence-corrected chi connectivity index (χ1v) is 5.41. The molecule has 0 aromatic heterocycles. The van der Waals surface area contributed by atoms with E-state index in [1.807, 2.05) is 0 Å². The number of carbonyl (C=O) groups excluding carboxylic acids is 1. The van der Waals surface area contributed by atoms with E-state index in [0.717, 1.165) is 0 Å². The van der Waals surface area contributed by atoms with Crippen molar-refractivity contribution in [3.8, 4) is 11.5 Å². The number of ether oxygens (including phenoxy) is 2. The molecule has 0 saturated heterocycles. The summed E-state index contributed by atoms with van der Waals surface area (Å²) in [5.41, 5.74) is 0.525. The van der Waals surface area contributed by atoms with E-state index >= 15 is 0 Å². The Morgan fingerprint density at radius 1 is 1.47 bits per heavy atom. The third-order valence-corrected chi connectivity index (χ3v) is 2.50. The first-order valence-electron chi connectivity index (χ1n) is 5.41. The molecule has 1 aromatic carbocycles. The lowest BCUT2D eigenvalue weighted by atomic mass is 10.1. The van der Waals surface area contributed by atoms with Crippen LogP contribution in [0.2, 0.25) is 0 Å². The van der Waals surface area contributed by atoms with E-state index < -0.39 is 6.10 Å². The number of fused-ring (bicyclic) bond motifs is 1. The highest BCUT2D eigenvalue weighted by Gasteiger charge is 2.18. The highest BCUT2D eigenvalue weighted by Crippen LogP contribution is 2.32. The van der Waals surface area contributed by atoms with Crippen LogP contribution < -0.4 is 9.47 Å². The number of rotatable bonds is 3. The van der Waals surface area contributed by atoms with Crippen molar-refractivity contribution in [2.24, 2.45) is 0 Å². The van der Waals surface area contributed by atoms with Gasteiger partial charge in [0.1, 0.15) is 0 Å². The lowest BCUT2D eigenvalue weighted by molar-refractivity contribution is 0.0703. The Morgan fingerprint density at radius 3 is 2.88 bits per heavy atom. The Labute approximate surface area is 99.6 Å². The molecule has 17 heavy (non-hydrogen) atoms. The van der Waals surface area contributed by atoms with Gasteiger partial charge in [0.05, 0.1) is 6.10 Å². The molecule has 1 heterocycles. The van der Waals surface area contributed by atoms with Gasteiger partial charge in [0.15, 0.2) is 11.5 Å². The van der Waals surface area contributed by atoms with E-state index in [0.29, 0.717) is 23.6 Å². The molecule has 5 heteroatoms. The smallest absolute Gasteiger partial charge is 0.253 e. The van der Waals surface area contributed by atoms with Crippen LogP contribution in [0.4, 0.5) is 0 Å². The number of aliphatic hydroxyl groups is 1. The first-order chi connectivity index (χ1) is 8.08. The molecule has 1 aliphatic heterocycles. The molecule has 1 amide bonds. The second-order valence-corrected chi connectivity index (χ2v) is 4.10. The Morgan fingerprint density at radius 2 is 2.18 bits per heavy atom. The molecule has 5 nitrogen and oxygen atoms in total. The number of hydrogen-bond acceptors (Lipinski definition) is 4. The average molecular weight is 237 g/mol. The highest BCUT2D eigenvalue weighted by atomic mass is 16.7. The summed E-state index contributed by atoms with van der Waals surface area (Å²) in [6, 6.07) is 5.06. The number of aliphatic hydroxyl groups excluding tert-OH is 1. The second-order valence-electron chi connectivity index (χ2n) is 4.10. The Balaban J connectivity index is 2.14. The van der Waals surface area contributed by atoms with E-state index in [4.69, 9.17) is 9.47 Å². The zero-order chi connectivity index (χ0) is 12.4. The summed E-state index contributed by atoms with van der Waals surface area (Å²) in [5.74, 6) is 1.09. The first kappa shape index (κ1) is 11.7. The van der Waals surface area contributed by atoms with Crippen molar-refractivity contribution < 1.29 is 19.4 Å². The fourth-order valence-corrected chi connectivity index (χ4v) is 1.73. The molecule has 0 aliphatic carbocycles. The molecule has 1 aromatic rings. The summed E-state index contributed by atoms with van der Waals surface area (Å²) >= 11 is 0. The van der Waals surface area contributed by atoms with Crippen LogP contribution in [-0.2, 0) is 0 Å². The topological polar surface area (TPSA) is 59.0 Å². The van der Waals surface area contributed by atoms with Crippen molar-refractivity contribution in [3.63, 3.8) is 0 Å². The quantitative estimate of drug-likeness (QED) is 0.847. The minimum atomic E-state index is -0.544. The van der Waals surface area contributed by atoms with Gasteiger partial charge < -0.3 is 19.5 Å². The molecule has 92 valence electrons. The van der Waals surface area contributed by atoms with Gasteiger partial charge in [0, 0.05) is 19.2 Å². The summed E-state index contributed by atoms with van der Waals surface area (Å²) in [4.78, 5) is 13.5. The summed E-state index contributed by atoms with van der Waals surface area (Å²) in [7, 11) is 1.65. The molecule has 0 spiro atoms. The molecule has 2 rings (SSSR count). The largest absolute Gasteiger partial charge is 0.454 e. The van der Waals surface area contributed by atoms with Crippen LogP contribution in [0.1, 0.15) is 17.3 Å². The van der Waals surface area contributed by atoms with Gasteiger partial charge in [-0.15, -0.1) is 0 Å². The van der Waals surface area contributed by atoms with Gasteiger partial charge in [-0.3, -0.25) is 4.79 Å². The standard InChI is InChI=1S/C12H15NO4/c1-8(14)6-13(2)12(15)9-3-4-10-11(5-9)17-7-16-10/h3-5,8,14H,6-7H2,1-2H3. The average Bonchev–Trinajstić information content (AvgIpc) is 2.73. The van der Waals surface area contributed by atoms with Gasteiger partial charge in [0.25, 0.3) is 5.91 Å². The van der Waals surface area contributed by atoms with E-state index in [1.165, 1.54) is 4.90 Å². The summed E-state index contributed by atoms with van der Waals surface area (Å²) in [6.45, 7) is 2.13. The molecule has 0 fully saturated rings. The number of likely N-dealkylation sites (N-methyl/N-ethyl adjacent to an activating group) is 1. The van der Waals surface area contributed by atoms with Crippen LogP contribution in [0.15, 0.2) is 18.2 Å². The fourth-order valence-electron chi connectivity index (χ4n) is 1.73. The summed E-state index contributed by atoms with van der Waals surface area (Å²) in [5, 5.41) is 9.23. The van der Waals surface area contributed by atoms with Gasteiger partial charge in [-0.25, -0.2) is 0 Å². The normalized spacial score (nSPS) is 14.5. The number of amides is 1. The number of carbonyl (C=O) groups is 1. The van der Waals surface area contributed by atoms with Gasteiger partial charge in [0.2, 0.25) is 6.79 Å². The molecule has 1 N–H and O–H groups in total. The van der Waals surface area contributed by atoms with Crippen molar-refractivity contribution in [1.29, 1.82) is 0 Å². The number of hydrogen-bond donors (Lipinski definition) is 1. The van der Waals surface area contributed by atoms with E-state index in [-0.39, 0.29) is 12.7 Å². The van der Waals surface area contributed by atoms with Crippen LogP contribution in [0.3, 0.4) is 0 Å². The fraction of sp³-hybridized carbons (Fsp3) is 0.417. The zero-order valence-electron chi connectivity index (χ0n) is 9.84. The van der Waals surface area contributed by atoms with Crippen LogP contribution >= 0.6 is 0 Å². The van der Waals surface area contributed by atoms with Gasteiger partial charge in [-0.2, -0.15) is 0 Å². The summed E-state index contributed by atoms with van der Waals surface area (Å²) < 4.78 is 10.4. The Hall–Kier alpha value is -1.75. The lowest BCUT2D eigenvalue weighted by Crippen LogP contribution is -2.32. The molecule has 0 saturated carbocycles. The molecule has 1 atom stereocenters. The molecule has 1 aliphatic rings. The van der Waals surface area contributed by atoms with Gasteiger partial charge in [-0.05, 0) is 25.1 Å². The highest BCUT2D eigenvalue weighted by molar-refractivity contribution is 5.94. The van der Waals surface area contributed by atoms with E-state index in [2.05, 4.69) is 0 Å². The minimum Gasteiger partial charge on any atom is -0.454 e. The van der Waals surface area contributed by atoms with Gasteiger partial charge in [-0.1, -0.05) is 0 Å². The Kier molecular flexibility index (Phi) is 3.19. The third-order valence-electron chi connectivity index (χ3n) is 2.50. The number of nitrogens with zero attached hydrogens (tertiary/aromatic N) is 1. The van der Waals surface area contributed by atoms with Crippen LogP contribution in [-0.4, -0.2) is 42.4 Å². The van der Waals surface area contributed by atoms with Crippen molar-refractivity contribution in [3.05, 3.63) is 23.8 Å². The molecule has 0 radical (unpaired) electrons. The van der Waals surface area contributed by atoms with Crippen molar-refractivity contribution in [2.75, 3.05) is 20.4 Å². The maximum atomic E-state index is 12.0. The second kappa shape index (κ2) is 4.63. The van der Waals surface area contributed by atoms with Crippen LogP contribution in [0.5, 0.6) is 11.5 Å². The van der Waals surface area contributed by atoms with E-state index in [1.54, 1.807) is 32.2 Å². The SMILES string of the molecule is CC(O)CN(C)C(=O)c1ccc2c(c1)OCO2. The van der Waals surface area contributed by atoms with Crippen molar-refractivity contribution >= 4 is 5.91 Å². The van der Waals surface area contributed by atoms with Crippen molar-refractivity contribution in [2.45, 2.75) is 13.0 Å². The predicted molar refractivity (Wildman–Crippen MR) is 61.2 cm³/mol. The molecule has 0 bridgehead atoms. The monoisotopic (exact) mass is 237 g/mol. The molecular weight excluding hydrogens is 222 g/mol. The van der Waals surface area contributed by atoms with Crippen molar-refractivity contribution in [1.82, 2.24) is 4.90 Å². The zero-order valence-corrected chi connectivity index (χ0v) is 9.84. The Bertz CT molecular complexity index is 431. The maximum absolute atomic E-state index is 12.0.